The van der Waals surface area contributed by atoms with Crippen molar-refractivity contribution in [1.82, 2.24) is 0 Å². The second-order valence-corrected chi connectivity index (χ2v) is 5.49. The van der Waals surface area contributed by atoms with E-state index in [4.69, 9.17) is 0 Å². The van der Waals surface area contributed by atoms with Gasteiger partial charge in [-0.1, -0.05) is 26.0 Å². The third-order valence-corrected chi connectivity index (χ3v) is 3.84. The van der Waals surface area contributed by atoms with E-state index in [0.29, 0.717) is 12.3 Å². The fraction of sp³-hybridized carbons (Fsp3) is 0.500. The largest absolute Gasteiger partial charge is 0.311 e. The molecule has 2 nitrogen and oxygen atoms in total. The van der Waals surface area contributed by atoms with E-state index in [2.05, 4.69) is 38.6 Å². The molecule has 0 aromatic heterocycles. The maximum atomic E-state index is 11.7. The van der Waals surface area contributed by atoms with Crippen molar-refractivity contribution in [2.45, 2.75) is 37.9 Å². The summed E-state index contributed by atoms with van der Waals surface area (Å²) in [6, 6.07) is 8.35. The Morgan fingerprint density at radius 1 is 1.41 bits per heavy atom. The van der Waals surface area contributed by atoms with Crippen LogP contribution in [0.25, 0.3) is 0 Å². The molecule has 0 N–H and O–H groups in total. The summed E-state index contributed by atoms with van der Waals surface area (Å²) in [7, 11) is 0. The van der Waals surface area contributed by atoms with Gasteiger partial charge in [-0.2, -0.15) is 12.6 Å². The van der Waals surface area contributed by atoms with Crippen LogP contribution in [0.5, 0.6) is 0 Å². The Morgan fingerprint density at radius 3 is 2.53 bits per heavy atom. The first-order valence-corrected chi connectivity index (χ1v) is 6.71. The third-order valence-electron chi connectivity index (χ3n) is 3.49. The van der Waals surface area contributed by atoms with Gasteiger partial charge in [0.1, 0.15) is 0 Å². The molecule has 1 aliphatic heterocycles. The topological polar surface area (TPSA) is 20.3 Å². The van der Waals surface area contributed by atoms with Crippen LogP contribution in [0.3, 0.4) is 0 Å². The summed E-state index contributed by atoms with van der Waals surface area (Å²) in [6.45, 7) is 5.14. The molecular weight excluding hydrogens is 230 g/mol. The quantitative estimate of drug-likeness (QED) is 0.815. The average molecular weight is 249 g/mol. The van der Waals surface area contributed by atoms with Crippen molar-refractivity contribution in [2.24, 2.45) is 0 Å². The fourth-order valence-electron chi connectivity index (χ4n) is 2.16. The van der Waals surface area contributed by atoms with Crippen molar-refractivity contribution in [3.8, 4) is 0 Å². The Labute approximate surface area is 108 Å². The predicted octanol–water partition coefficient (Wildman–Crippen LogP) is 3.24. The van der Waals surface area contributed by atoms with E-state index in [1.54, 1.807) is 0 Å². The van der Waals surface area contributed by atoms with E-state index < -0.39 is 0 Å². The number of thiol groups is 1. The van der Waals surface area contributed by atoms with E-state index in [0.717, 1.165) is 18.7 Å². The van der Waals surface area contributed by atoms with Crippen molar-refractivity contribution in [1.29, 1.82) is 0 Å². The Kier molecular flexibility index (Phi) is 3.77. The summed E-state index contributed by atoms with van der Waals surface area (Å²) >= 11 is 4.37. The van der Waals surface area contributed by atoms with Gasteiger partial charge in [0, 0.05) is 23.9 Å². The van der Waals surface area contributed by atoms with Gasteiger partial charge >= 0.3 is 0 Å². The van der Waals surface area contributed by atoms with Gasteiger partial charge in [0.05, 0.1) is 0 Å². The highest BCUT2D eigenvalue weighted by Crippen LogP contribution is 2.26. The number of carbonyl (C=O) groups is 1. The third kappa shape index (κ3) is 2.65. The lowest BCUT2D eigenvalue weighted by atomic mass is 9.98. The Hall–Kier alpha value is -0.960. The standard InChI is InChI=1S/C14H19NOS/c1-3-10(2)11-4-6-12(7-5-11)15-9-13(17)8-14(15)16/h4-7,10,13,17H,3,8-9H2,1-2H3. The number of amides is 1. The maximum absolute atomic E-state index is 11.7. The van der Waals surface area contributed by atoms with Gasteiger partial charge < -0.3 is 4.90 Å². The van der Waals surface area contributed by atoms with E-state index in [1.165, 1.54) is 5.56 Å². The van der Waals surface area contributed by atoms with Gasteiger partial charge in [0.2, 0.25) is 5.91 Å². The van der Waals surface area contributed by atoms with E-state index in [-0.39, 0.29) is 11.2 Å². The Balaban J connectivity index is 2.15. The van der Waals surface area contributed by atoms with Crippen LogP contribution in [0.4, 0.5) is 5.69 Å². The summed E-state index contributed by atoms with van der Waals surface area (Å²) in [5.74, 6) is 0.761. The molecule has 1 fully saturated rings. The Morgan fingerprint density at radius 2 is 2.06 bits per heavy atom. The van der Waals surface area contributed by atoms with E-state index >= 15 is 0 Å². The van der Waals surface area contributed by atoms with Crippen molar-refractivity contribution in [3.05, 3.63) is 29.8 Å². The molecule has 1 saturated heterocycles. The lowest BCUT2D eigenvalue weighted by Crippen LogP contribution is -2.24. The highest BCUT2D eigenvalue weighted by molar-refractivity contribution is 7.81. The van der Waals surface area contributed by atoms with Gasteiger partial charge in [-0.3, -0.25) is 4.79 Å². The number of carbonyl (C=O) groups excluding carboxylic acids is 1. The first-order chi connectivity index (χ1) is 8.11. The second kappa shape index (κ2) is 5.13. The molecule has 0 aliphatic carbocycles. The fourth-order valence-corrected chi connectivity index (χ4v) is 2.48. The van der Waals surface area contributed by atoms with Crippen LogP contribution < -0.4 is 4.90 Å². The molecule has 0 bridgehead atoms. The summed E-state index contributed by atoms with van der Waals surface area (Å²) in [4.78, 5) is 13.6. The zero-order valence-electron chi connectivity index (χ0n) is 10.4. The predicted molar refractivity (Wildman–Crippen MR) is 74.9 cm³/mol. The van der Waals surface area contributed by atoms with Crippen LogP contribution in [0.2, 0.25) is 0 Å². The van der Waals surface area contributed by atoms with Crippen LogP contribution in [0, 0.1) is 0 Å². The van der Waals surface area contributed by atoms with Crippen LogP contribution in [0.1, 0.15) is 38.2 Å². The monoisotopic (exact) mass is 249 g/mol. The summed E-state index contributed by atoms with van der Waals surface area (Å²) < 4.78 is 0. The minimum absolute atomic E-state index is 0.178. The van der Waals surface area contributed by atoms with Gasteiger partial charge in [-0.05, 0) is 30.0 Å². The minimum Gasteiger partial charge on any atom is -0.311 e. The first kappa shape index (κ1) is 12.5. The SMILES string of the molecule is CCC(C)c1ccc(N2CC(S)CC2=O)cc1. The summed E-state index contributed by atoms with van der Waals surface area (Å²) in [5, 5.41) is 0.178. The Bertz CT molecular complexity index is 401. The molecule has 0 radical (unpaired) electrons. The zero-order chi connectivity index (χ0) is 12.4. The van der Waals surface area contributed by atoms with Crippen molar-refractivity contribution >= 4 is 24.2 Å². The van der Waals surface area contributed by atoms with Crippen molar-refractivity contribution in [3.63, 3.8) is 0 Å². The number of benzene rings is 1. The van der Waals surface area contributed by atoms with E-state index in [9.17, 15) is 4.79 Å². The number of rotatable bonds is 3. The van der Waals surface area contributed by atoms with Crippen molar-refractivity contribution in [2.75, 3.05) is 11.4 Å². The number of nitrogens with zero attached hydrogens (tertiary/aromatic N) is 1. The second-order valence-electron chi connectivity index (χ2n) is 4.76. The lowest BCUT2D eigenvalue weighted by Gasteiger charge is -2.17. The maximum Gasteiger partial charge on any atom is 0.228 e. The normalized spacial score (nSPS) is 21.9. The van der Waals surface area contributed by atoms with Crippen molar-refractivity contribution < 1.29 is 4.79 Å². The molecule has 1 amide bonds. The number of hydrogen-bond donors (Lipinski definition) is 1. The molecule has 17 heavy (non-hydrogen) atoms. The first-order valence-electron chi connectivity index (χ1n) is 6.20. The summed E-state index contributed by atoms with van der Waals surface area (Å²) in [6.07, 6.45) is 1.69. The molecule has 1 heterocycles. The van der Waals surface area contributed by atoms with Crippen LogP contribution in [-0.2, 0) is 4.79 Å². The van der Waals surface area contributed by atoms with Crippen LogP contribution in [0.15, 0.2) is 24.3 Å². The van der Waals surface area contributed by atoms with Gasteiger partial charge in [0.15, 0.2) is 0 Å². The molecule has 0 spiro atoms. The molecule has 3 heteroatoms. The summed E-state index contributed by atoms with van der Waals surface area (Å²) in [5.41, 5.74) is 2.34. The smallest absolute Gasteiger partial charge is 0.228 e. The highest BCUT2D eigenvalue weighted by Gasteiger charge is 2.28. The molecule has 1 aromatic rings. The van der Waals surface area contributed by atoms with Gasteiger partial charge in [-0.15, -0.1) is 0 Å². The van der Waals surface area contributed by atoms with Crippen LogP contribution >= 0.6 is 12.6 Å². The highest BCUT2D eigenvalue weighted by atomic mass is 32.1. The zero-order valence-corrected chi connectivity index (χ0v) is 11.3. The van der Waals surface area contributed by atoms with E-state index in [1.807, 2.05) is 17.0 Å². The molecule has 2 atom stereocenters. The minimum atomic E-state index is 0.178. The number of anilines is 1. The molecule has 2 unspecified atom stereocenters. The van der Waals surface area contributed by atoms with Gasteiger partial charge in [-0.25, -0.2) is 0 Å². The lowest BCUT2D eigenvalue weighted by molar-refractivity contribution is -0.117. The molecule has 2 rings (SSSR count). The molecule has 0 saturated carbocycles. The van der Waals surface area contributed by atoms with Gasteiger partial charge in [0.25, 0.3) is 0 Å². The molecule has 92 valence electrons. The molecule has 1 aliphatic rings. The number of hydrogen-bond acceptors (Lipinski definition) is 2. The van der Waals surface area contributed by atoms with Crippen LogP contribution in [-0.4, -0.2) is 17.7 Å². The molecular formula is C14H19NOS. The average Bonchev–Trinajstić information content (AvgIpc) is 2.68. The molecule has 1 aromatic carbocycles.